The average molecular weight is 334 g/mol. The third-order valence-corrected chi connectivity index (χ3v) is 3.34. The summed E-state index contributed by atoms with van der Waals surface area (Å²) in [5.74, 6) is -0.428. The normalized spacial score (nSPS) is 10.6. The molecule has 1 aromatic carbocycles. The fourth-order valence-corrected chi connectivity index (χ4v) is 2.11. The maximum Gasteiger partial charge on any atom is 0.328 e. The van der Waals surface area contributed by atoms with Crippen molar-refractivity contribution >= 4 is 40.6 Å². The van der Waals surface area contributed by atoms with Gasteiger partial charge in [-0.05, 0) is 18.2 Å². The Morgan fingerprint density at radius 2 is 1.85 bits per heavy atom. The van der Waals surface area contributed by atoms with Crippen LogP contribution in [-0.4, -0.2) is 15.3 Å². The third-order valence-electron chi connectivity index (χ3n) is 2.51. The first kappa shape index (κ1) is 14.8. The molecule has 0 fully saturated rings. The minimum Gasteiger partial charge on any atom is -0.292 e. The number of hydrogen-bond acceptors (Lipinski definition) is 3. The van der Waals surface area contributed by atoms with Crippen LogP contribution in [0.1, 0.15) is 10.4 Å². The van der Waals surface area contributed by atoms with E-state index in [1.165, 1.54) is 12.1 Å². The number of rotatable bonds is 3. The first-order chi connectivity index (χ1) is 9.38. The lowest BCUT2D eigenvalue weighted by molar-refractivity contribution is 0.0970. The molecule has 0 saturated carbocycles. The quantitative estimate of drug-likeness (QED) is 0.877. The van der Waals surface area contributed by atoms with Gasteiger partial charge in [0.1, 0.15) is 5.02 Å². The summed E-state index contributed by atoms with van der Waals surface area (Å²) in [6, 6.07) is 4.44. The summed E-state index contributed by atoms with van der Waals surface area (Å²) in [4.78, 5) is 36.8. The van der Waals surface area contributed by atoms with Crippen LogP contribution in [0.4, 0.5) is 0 Å². The Morgan fingerprint density at radius 3 is 2.55 bits per heavy atom. The second-order valence-electron chi connectivity index (χ2n) is 3.91. The van der Waals surface area contributed by atoms with Crippen molar-refractivity contribution in [3.63, 3.8) is 0 Å². The molecule has 5 nitrogen and oxygen atoms in total. The van der Waals surface area contributed by atoms with Crippen LogP contribution in [-0.2, 0) is 6.54 Å². The number of aromatic amines is 1. The maximum atomic E-state index is 12.1. The van der Waals surface area contributed by atoms with E-state index in [0.717, 1.165) is 10.8 Å². The van der Waals surface area contributed by atoms with Gasteiger partial charge in [-0.1, -0.05) is 34.8 Å². The van der Waals surface area contributed by atoms with Crippen LogP contribution in [0.25, 0.3) is 0 Å². The highest BCUT2D eigenvalue weighted by Gasteiger charge is 2.13. The highest BCUT2D eigenvalue weighted by molar-refractivity contribution is 6.35. The lowest BCUT2D eigenvalue weighted by atomic mass is 10.1. The van der Waals surface area contributed by atoms with Crippen LogP contribution < -0.4 is 11.2 Å². The fraction of sp³-hybridized carbons (Fsp3) is 0.0833. The number of ketones is 1. The predicted octanol–water partition coefficient (Wildman–Crippen LogP) is 2.38. The lowest BCUT2D eigenvalue weighted by Gasteiger charge is -2.06. The molecular weight excluding hydrogens is 327 g/mol. The molecule has 2 aromatic rings. The molecule has 0 unspecified atom stereocenters. The van der Waals surface area contributed by atoms with E-state index in [0.29, 0.717) is 5.02 Å². The zero-order valence-corrected chi connectivity index (χ0v) is 12.1. The van der Waals surface area contributed by atoms with Crippen LogP contribution in [0.3, 0.4) is 0 Å². The van der Waals surface area contributed by atoms with E-state index in [1.807, 2.05) is 4.98 Å². The van der Waals surface area contributed by atoms with E-state index in [2.05, 4.69) is 0 Å². The zero-order chi connectivity index (χ0) is 14.9. The molecule has 0 aliphatic rings. The first-order valence-electron chi connectivity index (χ1n) is 5.36. The van der Waals surface area contributed by atoms with Crippen molar-refractivity contribution in [2.24, 2.45) is 0 Å². The molecule has 0 spiro atoms. The van der Waals surface area contributed by atoms with E-state index < -0.39 is 17.0 Å². The topological polar surface area (TPSA) is 71.9 Å². The standard InChI is InChI=1S/C12H7Cl3N2O3/c13-6-1-2-8(14)7(3-6)10(18)5-17-4-9(15)11(19)16-12(17)20/h1-4H,5H2,(H,16,19,20). The Bertz CT molecular complexity index is 795. The molecule has 0 amide bonds. The molecule has 0 aliphatic heterocycles. The van der Waals surface area contributed by atoms with E-state index in [4.69, 9.17) is 34.8 Å². The van der Waals surface area contributed by atoms with Crippen LogP contribution in [0.5, 0.6) is 0 Å². The zero-order valence-electron chi connectivity index (χ0n) is 9.82. The van der Waals surface area contributed by atoms with E-state index in [-0.39, 0.29) is 22.2 Å². The number of hydrogen-bond donors (Lipinski definition) is 1. The minimum atomic E-state index is -0.731. The SMILES string of the molecule is O=C(Cn1cc(Cl)c(=O)[nH]c1=O)c1cc(Cl)ccc1Cl. The van der Waals surface area contributed by atoms with Gasteiger partial charge >= 0.3 is 5.69 Å². The number of aromatic nitrogens is 2. The average Bonchev–Trinajstić information content (AvgIpc) is 2.38. The van der Waals surface area contributed by atoms with Crippen molar-refractivity contribution in [1.29, 1.82) is 0 Å². The monoisotopic (exact) mass is 332 g/mol. The van der Waals surface area contributed by atoms with E-state index in [1.54, 1.807) is 6.07 Å². The van der Waals surface area contributed by atoms with Gasteiger partial charge in [-0.15, -0.1) is 0 Å². The molecular formula is C12H7Cl3N2O3. The number of H-pyrrole nitrogens is 1. The van der Waals surface area contributed by atoms with Gasteiger partial charge in [0, 0.05) is 16.8 Å². The van der Waals surface area contributed by atoms with Crippen molar-refractivity contribution in [3.8, 4) is 0 Å². The highest BCUT2D eigenvalue weighted by atomic mass is 35.5. The maximum absolute atomic E-state index is 12.1. The molecule has 0 bridgehead atoms. The summed E-state index contributed by atoms with van der Waals surface area (Å²) in [7, 11) is 0. The number of benzene rings is 1. The van der Waals surface area contributed by atoms with Gasteiger partial charge in [0.25, 0.3) is 5.56 Å². The second-order valence-corrected chi connectivity index (χ2v) is 5.16. The smallest absolute Gasteiger partial charge is 0.292 e. The molecule has 0 atom stereocenters. The summed E-state index contributed by atoms with van der Waals surface area (Å²) in [5, 5.41) is 0.391. The molecule has 8 heteroatoms. The van der Waals surface area contributed by atoms with Crippen LogP contribution in [0.15, 0.2) is 34.0 Å². The molecule has 0 radical (unpaired) electrons. The molecule has 0 aliphatic carbocycles. The molecule has 1 heterocycles. The van der Waals surface area contributed by atoms with Crippen molar-refractivity contribution in [3.05, 3.63) is 65.9 Å². The van der Waals surface area contributed by atoms with Gasteiger partial charge in [-0.3, -0.25) is 19.1 Å². The third kappa shape index (κ3) is 3.12. The van der Waals surface area contributed by atoms with E-state index in [9.17, 15) is 14.4 Å². The number of nitrogens with zero attached hydrogens (tertiary/aromatic N) is 1. The first-order valence-corrected chi connectivity index (χ1v) is 6.49. The summed E-state index contributed by atoms with van der Waals surface area (Å²) >= 11 is 17.3. The number of nitrogens with one attached hydrogen (secondary N) is 1. The number of carbonyl (C=O) groups is 1. The van der Waals surface area contributed by atoms with Gasteiger partial charge in [0.05, 0.1) is 11.6 Å². The molecule has 20 heavy (non-hydrogen) atoms. The summed E-state index contributed by atoms with van der Waals surface area (Å²) < 4.78 is 0.989. The molecule has 1 N–H and O–H groups in total. The van der Waals surface area contributed by atoms with Gasteiger partial charge in [0.2, 0.25) is 0 Å². The van der Waals surface area contributed by atoms with Gasteiger partial charge in [0.15, 0.2) is 5.78 Å². The van der Waals surface area contributed by atoms with Crippen molar-refractivity contribution in [1.82, 2.24) is 9.55 Å². The largest absolute Gasteiger partial charge is 0.328 e. The second kappa shape index (κ2) is 5.83. The Balaban J connectivity index is 2.37. The van der Waals surface area contributed by atoms with Gasteiger partial charge in [-0.25, -0.2) is 4.79 Å². The lowest BCUT2D eigenvalue weighted by Crippen LogP contribution is -2.31. The van der Waals surface area contributed by atoms with Crippen molar-refractivity contribution < 1.29 is 4.79 Å². The Labute approximate surface area is 127 Å². The molecule has 1 aromatic heterocycles. The van der Waals surface area contributed by atoms with Crippen molar-refractivity contribution in [2.75, 3.05) is 0 Å². The summed E-state index contributed by atoms with van der Waals surface area (Å²) in [6.07, 6.45) is 1.10. The minimum absolute atomic E-state index is 0.186. The highest BCUT2D eigenvalue weighted by Crippen LogP contribution is 2.21. The summed E-state index contributed by atoms with van der Waals surface area (Å²) in [6.45, 7) is -0.310. The molecule has 2 rings (SSSR count). The molecule has 0 saturated heterocycles. The Hall–Kier alpha value is -1.56. The Kier molecular flexibility index (Phi) is 4.32. The van der Waals surface area contributed by atoms with Gasteiger partial charge < -0.3 is 0 Å². The van der Waals surface area contributed by atoms with Gasteiger partial charge in [-0.2, -0.15) is 0 Å². The number of carbonyl (C=O) groups excluding carboxylic acids is 1. The van der Waals surface area contributed by atoms with Crippen LogP contribution >= 0.6 is 34.8 Å². The number of halogens is 3. The summed E-state index contributed by atoms with van der Waals surface area (Å²) in [5.41, 5.74) is -1.25. The van der Waals surface area contributed by atoms with Crippen LogP contribution in [0, 0.1) is 0 Å². The Morgan fingerprint density at radius 1 is 1.15 bits per heavy atom. The predicted molar refractivity (Wildman–Crippen MR) is 77.1 cm³/mol. The number of Topliss-reactive ketones (excluding diaryl/α,β-unsaturated/α-hetero) is 1. The van der Waals surface area contributed by atoms with E-state index >= 15 is 0 Å². The fourth-order valence-electron chi connectivity index (χ4n) is 1.55. The van der Waals surface area contributed by atoms with Crippen molar-refractivity contribution in [2.45, 2.75) is 6.54 Å². The van der Waals surface area contributed by atoms with Crippen LogP contribution in [0.2, 0.25) is 15.1 Å². The molecule has 104 valence electrons.